The van der Waals surface area contributed by atoms with Crippen molar-refractivity contribution < 1.29 is 9.84 Å². The molecule has 0 amide bonds. The Morgan fingerprint density at radius 2 is 2.10 bits per heavy atom. The molecule has 1 aromatic heterocycles. The van der Waals surface area contributed by atoms with E-state index in [2.05, 4.69) is 45.3 Å². The van der Waals surface area contributed by atoms with Gasteiger partial charge in [0.1, 0.15) is 0 Å². The van der Waals surface area contributed by atoms with E-state index in [1.54, 1.807) is 7.11 Å². The maximum Gasteiger partial charge on any atom is 0.0812 e. The maximum absolute atomic E-state index is 10.4. The Morgan fingerprint density at radius 1 is 1.45 bits per heavy atom. The lowest BCUT2D eigenvalue weighted by molar-refractivity contribution is 0.0925. The van der Waals surface area contributed by atoms with Crippen LogP contribution >= 0.6 is 0 Å². The van der Waals surface area contributed by atoms with Crippen molar-refractivity contribution >= 4 is 0 Å². The van der Waals surface area contributed by atoms with Crippen LogP contribution in [0.2, 0.25) is 0 Å². The summed E-state index contributed by atoms with van der Waals surface area (Å²) < 4.78 is 7.84. The van der Waals surface area contributed by atoms with Crippen molar-refractivity contribution in [1.29, 1.82) is 0 Å². The van der Waals surface area contributed by atoms with Crippen LogP contribution in [-0.4, -0.2) is 23.4 Å². The smallest absolute Gasteiger partial charge is 0.0812 e. The lowest BCUT2D eigenvalue weighted by atomic mass is 9.75. The van der Waals surface area contributed by atoms with Crippen LogP contribution < -0.4 is 0 Å². The summed E-state index contributed by atoms with van der Waals surface area (Å²) in [7, 11) is 1.76. The van der Waals surface area contributed by atoms with E-state index in [1.807, 2.05) is 0 Å². The maximum atomic E-state index is 10.4. The predicted molar refractivity (Wildman–Crippen MR) is 82.0 cm³/mol. The van der Waals surface area contributed by atoms with Crippen LogP contribution in [0.25, 0.3) is 0 Å². The Kier molecular flexibility index (Phi) is 4.31. The lowest BCUT2D eigenvalue weighted by Gasteiger charge is -2.36. The quantitative estimate of drug-likeness (QED) is 0.913. The van der Waals surface area contributed by atoms with E-state index in [1.165, 1.54) is 11.4 Å². The molecule has 0 aliphatic heterocycles. The van der Waals surface area contributed by atoms with E-state index >= 15 is 0 Å². The van der Waals surface area contributed by atoms with Gasteiger partial charge >= 0.3 is 0 Å². The summed E-state index contributed by atoms with van der Waals surface area (Å²) in [6.45, 7) is 11.8. The number of hydrogen-bond acceptors (Lipinski definition) is 2. The van der Waals surface area contributed by atoms with E-state index in [0.717, 1.165) is 25.0 Å². The number of aliphatic hydroxyl groups is 1. The van der Waals surface area contributed by atoms with Gasteiger partial charge in [0.15, 0.2) is 0 Å². The van der Waals surface area contributed by atoms with Gasteiger partial charge in [-0.15, -0.1) is 0 Å². The first-order valence-corrected chi connectivity index (χ1v) is 7.64. The van der Waals surface area contributed by atoms with Gasteiger partial charge in [-0.25, -0.2) is 0 Å². The monoisotopic (exact) mass is 279 g/mol. The van der Waals surface area contributed by atoms with Crippen molar-refractivity contribution in [2.45, 2.75) is 59.6 Å². The summed E-state index contributed by atoms with van der Waals surface area (Å²) in [5, 5.41) is 10.4. The van der Waals surface area contributed by atoms with Gasteiger partial charge in [0, 0.05) is 24.1 Å². The fourth-order valence-corrected chi connectivity index (χ4v) is 3.56. The molecule has 0 radical (unpaired) electrons. The summed E-state index contributed by atoms with van der Waals surface area (Å²) >= 11 is 0. The highest BCUT2D eigenvalue weighted by atomic mass is 16.5. The molecule has 0 bridgehead atoms. The Hall–Kier alpha value is -0.800. The first kappa shape index (κ1) is 15.6. The van der Waals surface area contributed by atoms with Crippen molar-refractivity contribution in [1.82, 2.24) is 4.57 Å². The topological polar surface area (TPSA) is 34.4 Å². The molecule has 0 aromatic carbocycles. The molecular weight excluding hydrogens is 250 g/mol. The highest BCUT2D eigenvalue weighted by Crippen LogP contribution is 2.43. The van der Waals surface area contributed by atoms with Gasteiger partial charge in [-0.1, -0.05) is 27.7 Å². The van der Waals surface area contributed by atoms with Crippen LogP contribution in [-0.2, 0) is 11.2 Å². The van der Waals surface area contributed by atoms with Crippen LogP contribution in [0.1, 0.15) is 63.2 Å². The average molecular weight is 279 g/mol. The minimum atomic E-state index is -0.330. The number of ether oxygens (including phenoxy) is 1. The predicted octanol–water partition coefficient (Wildman–Crippen LogP) is 3.65. The molecule has 3 nitrogen and oxygen atoms in total. The van der Waals surface area contributed by atoms with Gasteiger partial charge in [0.05, 0.1) is 18.8 Å². The van der Waals surface area contributed by atoms with Gasteiger partial charge in [0.25, 0.3) is 0 Å². The van der Waals surface area contributed by atoms with Gasteiger partial charge in [-0.3, -0.25) is 0 Å². The number of hydrogen-bond donors (Lipinski definition) is 1. The molecule has 3 heteroatoms. The van der Waals surface area contributed by atoms with Crippen molar-refractivity contribution in [3.8, 4) is 0 Å². The van der Waals surface area contributed by atoms with Crippen LogP contribution in [0.5, 0.6) is 0 Å². The molecule has 20 heavy (non-hydrogen) atoms. The zero-order valence-electron chi connectivity index (χ0n) is 13.7. The molecule has 1 aliphatic rings. The number of aliphatic hydroxyl groups excluding tert-OH is 1. The largest absolute Gasteiger partial charge is 0.388 e. The third-order valence-electron chi connectivity index (χ3n) is 4.56. The lowest BCUT2D eigenvalue weighted by Crippen LogP contribution is -2.30. The molecule has 2 rings (SSSR count). The number of methoxy groups -OCH3 is 1. The molecule has 0 saturated carbocycles. The Labute approximate surface area is 122 Å². The molecule has 2 unspecified atom stereocenters. The number of aryl methyl sites for hydroxylation is 1. The molecule has 0 fully saturated rings. The second-order valence-corrected chi connectivity index (χ2v) is 7.39. The summed E-state index contributed by atoms with van der Waals surface area (Å²) in [5.74, 6) is 0.507. The Balaban J connectivity index is 2.49. The van der Waals surface area contributed by atoms with Gasteiger partial charge in [-0.05, 0) is 37.2 Å². The Bertz CT molecular complexity index is 474. The van der Waals surface area contributed by atoms with E-state index in [-0.39, 0.29) is 11.5 Å². The van der Waals surface area contributed by atoms with Crippen molar-refractivity contribution in [2.24, 2.45) is 11.3 Å². The van der Waals surface area contributed by atoms with Crippen LogP contribution in [0.15, 0.2) is 6.07 Å². The fourth-order valence-electron chi connectivity index (χ4n) is 3.56. The molecule has 2 atom stereocenters. The molecule has 0 spiro atoms. The zero-order valence-corrected chi connectivity index (χ0v) is 13.7. The summed E-state index contributed by atoms with van der Waals surface area (Å²) in [6, 6.07) is 2.50. The van der Waals surface area contributed by atoms with Crippen molar-refractivity contribution in [2.75, 3.05) is 13.7 Å². The van der Waals surface area contributed by atoms with E-state index in [9.17, 15) is 5.11 Å². The fraction of sp³-hybridized carbons (Fsp3) is 0.765. The minimum absolute atomic E-state index is 0.156. The Morgan fingerprint density at radius 3 is 2.65 bits per heavy atom. The first-order valence-electron chi connectivity index (χ1n) is 7.64. The van der Waals surface area contributed by atoms with Gasteiger partial charge in [-0.2, -0.15) is 0 Å². The molecule has 0 saturated heterocycles. The van der Waals surface area contributed by atoms with Crippen molar-refractivity contribution in [3.63, 3.8) is 0 Å². The summed E-state index contributed by atoms with van der Waals surface area (Å²) in [6.07, 6.45) is 1.55. The molecular formula is C17H29NO2. The van der Waals surface area contributed by atoms with Gasteiger partial charge < -0.3 is 14.4 Å². The number of fused-ring (bicyclic) bond motifs is 1. The van der Waals surface area contributed by atoms with Crippen molar-refractivity contribution in [3.05, 3.63) is 23.0 Å². The molecule has 1 aromatic rings. The SMILES string of the molecule is COCC(C(C)C)n1c(C)cc2c1CC(C)(C)CC2O. The molecule has 114 valence electrons. The number of nitrogens with zero attached hydrogens (tertiary/aromatic N) is 1. The van der Waals surface area contributed by atoms with E-state index in [4.69, 9.17) is 4.74 Å². The van der Waals surface area contributed by atoms with Crippen LogP contribution in [0, 0.1) is 18.3 Å². The second kappa shape index (κ2) is 5.53. The van der Waals surface area contributed by atoms with E-state index < -0.39 is 0 Å². The normalized spacial score (nSPS) is 22.9. The molecule has 1 heterocycles. The minimum Gasteiger partial charge on any atom is -0.388 e. The molecule has 1 aliphatic carbocycles. The molecule has 1 N–H and O–H groups in total. The third-order valence-corrected chi connectivity index (χ3v) is 4.56. The second-order valence-electron chi connectivity index (χ2n) is 7.39. The number of aromatic nitrogens is 1. The number of rotatable bonds is 4. The zero-order chi connectivity index (χ0) is 15.1. The van der Waals surface area contributed by atoms with Crippen LogP contribution in [0.4, 0.5) is 0 Å². The average Bonchev–Trinajstić information content (AvgIpc) is 2.61. The third kappa shape index (κ3) is 2.79. The summed E-state index contributed by atoms with van der Waals surface area (Å²) in [4.78, 5) is 0. The standard InChI is InChI=1S/C17H29NO2/c1-11(2)15(10-20-6)18-12(3)7-13-14(18)8-17(4,5)9-16(13)19/h7,11,15-16,19H,8-10H2,1-6H3. The van der Waals surface area contributed by atoms with Gasteiger partial charge in [0.2, 0.25) is 0 Å². The summed E-state index contributed by atoms with van der Waals surface area (Å²) in [5.41, 5.74) is 3.83. The highest BCUT2D eigenvalue weighted by molar-refractivity contribution is 5.34. The van der Waals surface area contributed by atoms with Crippen LogP contribution in [0.3, 0.4) is 0 Å². The highest BCUT2D eigenvalue weighted by Gasteiger charge is 2.35. The van der Waals surface area contributed by atoms with E-state index in [0.29, 0.717) is 12.0 Å². The first-order chi connectivity index (χ1) is 9.26.